The maximum atomic E-state index is 14.2. The number of carboxylic acid groups (broad SMARTS) is 1. The van der Waals surface area contributed by atoms with Gasteiger partial charge in [0, 0.05) is 38.2 Å². The van der Waals surface area contributed by atoms with Gasteiger partial charge < -0.3 is 14.6 Å². The predicted octanol–water partition coefficient (Wildman–Crippen LogP) is 6.26. The summed E-state index contributed by atoms with van der Waals surface area (Å²) in [6, 6.07) is 0. The number of halogens is 2. The van der Waals surface area contributed by atoms with Gasteiger partial charge in [0.25, 0.3) is 0 Å². The Morgan fingerprint density at radius 2 is 1.94 bits per heavy atom. The molecule has 1 unspecified atom stereocenters. The number of allylic oxidation sites excluding steroid dienone is 2. The highest BCUT2D eigenvalue weighted by atomic mass is 19.3. The third-order valence-electron chi connectivity index (χ3n) is 7.05. The van der Waals surface area contributed by atoms with E-state index in [9.17, 15) is 23.2 Å². The van der Waals surface area contributed by atoms with Crippen molar-refractivity contribution in [3.05, 3.63) is 12.2 Å². The van der Waals surface area contributed by atoms with Crippen LogP contribution < -0.4 is 0 Å². The minimum atomic E-state index is -3.32. The molecule has 8 heteroatoms. The van der Waals surface area contributed by atoms with Crippen LogP contribution in [0.25, 0.3) is 0 Å². The number of ketones is 2. The maximum absolute atomic E-state index is 14.2. The molecule has 0 bridgehead atoms. The first-order valence-corrected chi connectivity index (χ1v) is 13.3. The van der Waals surface area contributed by atoms with Crippen molar-refractivity contribution in [2.24, 2.45) is 11.8 Å². The third-order valence-corrected chi connectivity index (χ3v) is 7.05. The average molecular weight is 501 g/mol. The van der Waals surface area contributed by atoms with Crippen LogP contribution in [-0.4, -0.2) is 47.6 Å². The average Bonchev–Trinajstić information content (AvgIpc) is 3.11. The van der Waals surface area contributed by atoms with Crippen LogP contribution in [0.5, 0.6) is 0 Å². The zero-order valence-electron chi connectivity index (χ0n) is 21.0. The molecule has 1 aliphatic carbocycles. The van der Waals surface area contributed by atoms with Crippen molar-refractivity contribution < 1.29 is 37.7 Å². The SMILES string of the molecule is CCCCC(F)(F)C(=O)CC[C@H]1[C@H](OC2CCCCO2)CC(=O)[C@@H]1C/C=C\CCCCCC(=O)O. The summed E-state index contributed by atoms with van der Waals surface area (Å²) in [5, 5.41) is 8.68. The van der Waals surface area contributed by atoms with Crippen molar-refractivity contribution in [3.8, 4) is 0 Å². The number of rotatable bonds is 17. The Hall–Kier alpha value is -1.67. The summed E-state index contributed by atoms with van der Waals surface area (Å²) >= 11 is 0. The molecule has 0 spiro atoms. The van der Waals surface area contributed by atoms with E-state index in [1.165, 1.54) is 0 Å². The smallest absolute Gasteiger partial charge is 0.305 e. The molecule has 1 N–H and O–H groups in total. The number of carbonyl (C=O) groups excluding carboxylic acids is 2. The minimum Gasteiger partial charge on any atom is -0.481 e. The van der Waals surface area contributed by atoms with Gasteiger partial charge in [0.15, 0.2) is 6.29 Å². The Morgan fingerprint density at radius 3 is 2.63 bits per heavy atom. The van der Waals surface area contributed by atoms with E-state index in [4.69, 9.17) is 14.6 Å². The van der Waals surface area contributed by atoms with Gasteiger partial charge in [-0.05, 0) is 63.7 Å². The summed E-state index contributed by atoms with van der Waals surface area (Å²) in [7, 11) is 0. The molecule has 0 radical (unpaired) electrons. The van der Waals surface area contributed by atoms with Crippen LogP contribution in [-0.2, 0) is 23.9 Å². The maximum Gasteiger partial charge on any atom is 0.305 e. The van der Waals surface area contributed by atoms with Gasteiger partial charge in [-0.15, -0.1) is 0 Å². The molecular formula is C27H42F2O6. The van der Waals surface area contributed by atoms with Gasteiger partial charge >= 0.3 is 11.9 Å². The van der Waals surface area contributed by atoms with Crippen molar-refractivity contribution in [3.63, 3.8) is 0 Å². The number of hydrogen-bond donors (Lipinski definition) is 1. The highest BCUT2D eigenvalue weighted by Gasteiger charge is 2.45. The minimum absolute atomic E-state index is 0.0482. The Kier molecular flexibility index (Phi) is 13.0. The molecule has 0 aromatic heterocycles. The standard InChI is InChI=1S/C27H42F2O6/c1-2-3-17-27(28,29)24(31)16-15-21-20(12-8-6-4-5-7-9-13-25(32)33)22(30)19-23(21)35-26-14-10-11-18-34-26/h6,8,20-21,23,26H,2-5,7,9-19H2,1H3,(H,32,33)/b8-6-/t20-,21-,23-,26?/m1/s1. The highest BCUT2D eigenvalue weighted by molar-refractivity contribution is 5.86. The summed E-state index contributed by atoms with van der Waals surface area (Å²) in [6.07, 6.45) is 10.3. The zero-order chi connectivity index (χ0) is 25.7. The van der Waals surface area contributed by atoms with E-state index in [0.717, 1.165) is 38.5 Å². The van der Waals surface area contributed by atoms with E-state index in [2.05, 4.69) is 0 Å². The van der Waals surface area contributed by atoms with Crippen LogP contribution in [0.2, 0.25) is 0 Å². The van der Waals surface area contributed by atoms with Crippen molar-refractivity contribution in [2.45, 2.75) is 122 Å². The lowest BCUT2D eigenvalue weighted by Crippen LogP contribution is -2.33. The largest absolute Gasteiger partial charge is 0.481 e. The molecule has 6 nitrogen and oxygen atoms in total. The van der Waals surface area contributed by atoms with Crippen LogP contribution in [0, 0.1) is 11.8 Å². The number of carboxylic acids is 1. The highest BCUT2D eigenvalue weighted by Crippen LogP contribution is 2.39. The predicted molar refractivity (Wildman–Crippen MR) is 128 cm³/mol. The molecule has 1 saturated carbocycles. The van der Waals surface area contributed by atoms with E-state index >= 15 is 0 Å². The first-order valence-electron chi connectivity index (χ1n) is 13.3. The molecule has 1 heterocycles. The molecule has 2 rings (SSSR count). The van der Waals surface area contributed by atoms with Crippen molar-refractivity contribution >= 4 is 17.5 Å². The first kappa shape index (κ1) is 29.6. The van der Waals surface area contributed by atoms with Crippen LogP contribution in [0.15, 0.2) is 12.2 Å². The van der Waals surface area contributed by atoms with E-state index in [1.54, 1.807) is 0 Å². The molecular weight excluding hydrogens is 458 g/mol. The molecule has 0 aromatic carbocycles. The summed E-state index contributed by atoms with van der Waals surface area (Å²) in [6.45, 7) is 2.42. The van der Waals surface area contributed by atoms with E-state index in [-0.39, 0.29) is 49.6 Å². The van der Waals surface area contributed by atoms with Gasteiger partial charge in [0.05, 0.1) is 6.10 Å². The van der Waals surface area contributed by atoms with Crippen molar-refractivity contribution in [1.29, 1.82) is 0 Å². The molecule has 200 valence electrons. The van der Waals surface area contributed by atoms with Gasteiger partial charge in [0.1, 0.15) is 5.78 Å². The fraction of sp³-hybridized carbons (Fsp3) is 0.815. The molecule has 4 atom stereocenters. The van der Waals surface area contributed by atoms with Gasteiger partial charge in [-0.25, -0.2) is 0 Å². The van der Waals surface area contributed by atoms with Crippen molar-refractivity contribution in [1.82, 2.24) is 0 Å². The summed E-state index contributed by atoms with van der Waals surface area (Å²) in [4.78, 5) is 35.7. The summed E-state index contributed by atoms with van der Waals surface area (Å²) in [5.41, 5.74) is 0. The molecule has 0 amide bonds. The van der Waals surface area contributed by atoms with Gasteiger partial charge in [0.2, 0.25) is 5.78 Å². The Labute approximate surface area is 207 Å². The number of Topliss-reactive ketones (excluding diaryl/α,β-unsaturated/α-hetero) is 2. The molecule has 2 fully saturated rings. The van der Waals surface area contributed by atoms with Gasteiger partial charge in [-0.1, -0.05) is 31.9 Å². The lowest BCUT2D eigenvalue weighted by Gasteiger charge is -2.30. The second-order valence-electron chi connectivity index (χ2n) is 9.88. The Morgan fingerprint density at radius 1 is 1.14 bits per heavy atom. The second kappa shape index (κ2) is 15.4. The Balaban J connectivity index is 1.94. The third kappa shape index (κ3) is 10.5. The number of hydrogen-bond acceptors (Lipinski definition) is 5. The summed E-state index contributed by atoms with van der Waals surface area (Å²) in [5.74, 6) is -5.76. The van der Waals surface area contributed by atoms with Crippen LogP contribution >= 0.6 is 0 Å². The van der Waals surface area contributed by atoms with Crippen LogP contribution in [0.3, 0.4) is 0 Å². The van der Waals surface area contributed by atoms with E-state index < -0.39 is 30.2 Å². The van der Waals surface area contributed by atoms with Gasteiger partial charge in [-0.3, -0.25) is 14.4 Å². The van der Waals surface area contributed by atoms with Crippen LogP contribution in [0.4, 0.5) is 8.78 Å². The van der Waals surface area contributed by atoms with Crippen LogP contribution in [0.1, 0.15) is 103 Å². The number of aliphatic carboxylic acids is 1. The van der Waals surface area contributed by atoms with E-state index in [0.29, 0.717) is 32.3 Å². The monoisotopic (exact) mass is 500 g/mol. The normalized spacial score (nSPS) is 25.4. The van der Waals surface area contributed by atoms with Gasteiger partial charge in [-0.2, -0.15) is 8.78 Å². The van der Waals surface area contributed by atoms with E-state index in [1.807, 2.05) is 19.1 Å². The number of carbonyl (C=O) groups is 3. The first-order chi connectivity index (χ1) is 16.7. The number of alkyl halides is 2. The molecule has 35 heavy (non-hydrogen) atoms. The second-order valence-corrected chi connectivity index (χ2v) is 9.88. The fourth-order valence-electron chi connectivity index (χ4n) is 4.95. The summed E-state index contributed by atoms with van der Waals surface area (Å²) < 4.78 is 40.3. The lowest BCUT2D eigenvalue weighted by atomic mass is 9.86. The number of unbranched alkanes of at least 4 members (excludes halogenated alkanes) is 4. The zero-order valence-corrected chi connectivity index (χ0v) is 21.0. The lowest BCUT2D eigenvalue weighted by molar-refractivity contribution is -0.196. The molecule has 1 aliphatic heterocycles. The molecule has 1 saturated heterocycles. The molecule has 0 aromatic rings. The molecule has 2 aliphatic rings. The topological polar surface area (TPSA) is 89.9 Å². The van der Waals surface area contributed by atoms with Crippen molar-refractivity contribution in [2.75, 3.05) is 6.61 Å². The number of ether oxygens (including phenoxy) is 2. The quantitative estimate of drug-likeness (QED) is 0.187. The Bertz CT molecular complexity index is 702. The fourth-order valence-corrected chi connectivity index (χ4v) is 4.95.